The van der Waals surface area contributed by atoms with E-state index in [-0.39, 0.29) is 5.91 Å². The highest BCUT2D eigenvalue weighted by atomic mass is 16.2. The summed E-state index contributed by atoms with van der Waals surface area (Å²) in [6.07, 6.45) is 3.81. The van der Waals surface area contributed by atoms with E-state index in [0.717, 1.165) is 25.1 Å². The van der Waals surface area contributed by atoms with Crippen molar-refractivity contribution in [3.8, 4) is 0 Å². The summed E-state index contributed by atoms with van der Waals surface area (Å²) >= 11 is 0. The van der Waals surface area contributed by atoms with Gasteiger partial charge in [0, 0.05) is 24.5 Å². The molecule has 92 valence electrons. The smallest absolute Gasteiger partial charge is 0.270 e. The third-order valence-corrected chi connectivity index (χ3v) is 3.00. The van der Waals surface area contributed by atoms with Crippen molar-refractivity contribution in [2.75, 3.05) is 11.9 Å². The van der Waals surface area contributed by atoms with E-state index in [1.807, 2.05) is 6.07 Å². The first kappa shape index (κ1) is 11.9. The quantitative estimate of drug-likeness (QED) is 0.818. The van der Waals surface area contributed by atoms with Crippen molar-refractivity contribution < 1.29 is 4.79 Å². The maximum Gasteiger partial charge on any atom is 0.270 e. The maximum absolute atomic E-state index is 11.9. The lowest BCUT2D eigenvalue weighted by atomic mass is 10.3. The minimum Gasteiger partial charge on any atom is -0.385 e. The highest BCUT2D eigenvalue weighted by Gasteiger charge is 2.34. The molecule has 2 unspecified atom stereocenters. The number of pyridine rings is 1. The Morgan fingerprint density at radius 1 is 1.59 bits per heavy atom. The molecule has 0 aromatic carbocycles. The number of aromatic nitrogens is 1. The molecular formula is C13H19N3O. The zero-order valence-electron chi connectivity index (χ0n) is 10.4. The summed E-state index contributed by atoms with van der Waals surface area (Å²) < 4.78 is 0. The highest BCUT2D eigenvalue weighted by molar-refractivity contribution is 5.93. The molecule has 4 nitrogen and oxygen atoms in total. The zero-order chi connectivity index (χ0) is 12.3. The zero-order valence-corrected chi connectivity index (χ0v) is 10.4. The van der Waals surface area contributed by atoms with Gasteiger partial charge in [-0.05, 0) is 30.9 Å². The molecule has 1 saturated carbocycles. The van der Waals surface area contributed by atoms with Crippen LogP contribution in [-0.2, 0) is 0 Å². The summed E-state index contributed by atoms with van der Waals surface area (Å²) in [6, 6.07) is 4.03. The monoisotopic (exact) mass is 233 g/mol. The highest BCUT2D eigenvalue weighted by Crippen LogP contribution is 2.29. The number of hydrogen-bond acceptors (Lipinski definition) is 3. The molecule has 0 radical (unpaired) electrons. The summed E-state index contributed by atoms with van der Waals surface area (Å²) in [6.45, 7) is 5.15. The van der Waals surface area contributed by atoms with Crippen LogP contribution in [0.1, 0.15) is 37.2 Å². The first-order valence-corrected chi connectivity index (χ1v) is 6.21. The van der Waals surface area contributed by atoms with Gasteiger partial charge in [-0.3, -0.25) is 9.78 Å². The average molecular weight is 233 g/mol. The maximum atomic E-state index is 11.9. The largest absolute Gasteiger partial charge is 0.385 e. The molecule has 0 spiro atoms. The number of rotatable bonds is 5. The van der Waals surface area contributed by atoms with Crippen LogP contribution in [-0.4, -0.2) is 23.5 Å². The van der Waals surface area contributed by atoms with Crippen molar-refractivity contribution in [1.29, 1.82) is 0 Å². The standard InChI is InChI=1S/C13H19N3O/c1-3-5-14-10-4-6-15-12(8-10)13(17)16-11-7-9(11)2/h4,6,8-9,11H,3,5,7H2,1-2H3,(H,14,15)(H,16,17). The number of nitrogens with one attached hydrogen (secondary N) is 2. The molecule has 2 N–H and O–H groups in total. The van der Waals surface area contributed by atoms with Gasteiger partial charge in [-0.2, -0.15) is 0 Å². The Kier molecular flexibility index (Phi) is 3.61. The molecule has 1 amide bonds. The Morgan fingerprint density at radius 2 is 2.35 bits per heavy atom. The van der Waals surface area contributed by atoms with Crippen molar-refractivity contribution >= 4 is 11.6 Å². The van der Waals surface area contributed by atoms with Gasteiger partial charge in [0.05, 0.1) is 0 Å². The molecule has 1 aromatic heterocycles. The number of carbonyl (C=O) groups excluding carboxylic acids is 1. The number of amides is 1. The number of carbonyl (C=O) groups is 1. The fourth-order valence-electron chi connectivity index (χ4n) is 1.70. The Labute approximate surface area is 102 Å². The van der Waals surface area contributed by atoms with E-state index in [2.05, 4.69) is 29.5 Å². The van der Waals surface area contributed by atoms with Gasteiger partial charge < -0.3 is 10.6 Å². The predicted octanol–water partition coefficient (Wildman–Crippen LogP) is 2.04. The van der Waals surface area contributed by atoms with Crippen LogP contribution in [0, 0.1) is 5.92 Å². The summed E-state index contributed by atoms with van der Waals surface area (Å²) in [5.41, 5.74) is 1.45. The van der Waals surface area contributed by atoms with Crippen LogP contribution in [0.3, 0.4) is 0 Å². The van der Waals surface area contributed by atoms with Crippen LogP contribution in [0.2, 0.25) is 0 Å². The van der Waals surface area contributed by atoms with E-state index in [9.17, 15) is 4.79 Å². The van der Waals surface area contributed by atoms with Gasteiger partial charge >= 0.3 is 0 Å². The fraction of sp³-hybridized carbons (Fsp3) is 0.538. The molecule has 0 bridgehead atoms. The predicted molar refractivity (Wildman–Crippen MR) is 68.1 cm³/mol. The molecule has 1 aliphatic carbocycles. The van der Waals surface area contributed by atoms with Gasteiger partial charge in [0.25, 0.3) is 5.91 Å². The van der Waals surface area contributed by atoms with E-state index in [0.29, 0.717) is 17.7 Å². The molecule has 0 aliphatic heterocycles. The first-order chi connectivity index (χ1) is 8.20. The topological polar surface area (TPSA) is 54.0 Å². The van der Waals surface area contributed by atoms with Crippen LogP contribution in [0.25, 0.3) is 0 Å². The van der Waals surface area contributed by atoms with Crippen molar-refractivity contribution in [3.63, 3.8) is 0 Å². The molecule has 4 heteroatoms. The lowest BCUT2D eigenvalue weighted by Crippen LogP contribution is -2.27. The third-order valence-electron chi connectivity index (χ3n) is 3.00. The second kappa shape index (κ2) is 5.17. The van der Waals surface area contributed by atoms with Crippen molar-refractivity contribution in [2.24, 2.45) is 5.92 Å². The van der Waals surface area contributed by atoms with Crippen LogP contribution in [0.5, 0.6) is 0 Å². The molecule has 17 heavy (non-hydrogen) atoms. The van der Waals surface area contributed by atoms with Gasteiger partial charge in [0.15, 0.2) is 0 Å². The van der Waals surface area contributed by atoms with Crippen molar-refractivity contribution in [1.82, 2.24) is 10.3 Å². The number of anilines is 1. The first-order valence-electron chi connectivity index (χ1n) is 6.21. The van der Waals surface area contributed by atoms with E-state index in [4.69, 9.17) is 0 Å². The minimum absolute atomic E-state index is 0.0699. The molecule has 0 saturated heterocycles. The Bertz CT molecular complexity index is 405. The lowest BCUT2D eigenvalue weighted by molar-refractivity contribution is 0.0944. The Morgan fingerprint density at radius 3 is 3.00 bits per heavy atom. The molecule has 1 aromatic rings. The molecular weight excluding hydrogens is 214 g/mol. The van der Waals surface area contributed by atoms with E-state index < -0.39 is 0 Å². The van der Waals surface area contributed by atoms with E-state index in [1.165, 1.54) is 0 Å². The van der Waals surface area contributed by atoms with Crippen LogP contribution in [0.4, 0.5) is 5.69 Å². The van der Waals surface area contributed by atoms with Gasteiger partial charge in [0.1, 0.15) is 5.69 Å². The molecule has 2 rings (SSSR count). The summed E-state index contributed by atoms with van der Waals surface area (Å²) in [5, 5.41) is 6.22. The molecule has 1 aliphatic rings. The fourth-order valence-corrected chi connectivity index (χ4v) is 1.70. The minimum atomic E-state index is -0.0699. The average Bonchev–Trinajstić information content (AvgIpc) is 3.02. The molecule has 1 fully saturated rings. The van der Waals surface area contributed by atoms with Crippen LogP contribution in [0.15, 0.2) is 18.3 Å². The summed E-state index contributed by atoms with van der Waals surface area (Å²) in [7, 11) is 0. The van der Waals surface area contributed by atoms with Crippen molar-refractivity contribution in [3.05, 3.63) is 24.0 Å². The van der Waals surface area contributed by atoms with E-state index in [1.54, 1.807) is 12.3 Å². The summed E-state index contributed by atoms with van der Waals surface area (Å²) in [5.74, 6) is 0.542. The van der Waals surface area contributed by atoms with E-state index >= 15 is 0 Å². The van der Waals surface area contributed by atoms with Gasteiger partial charge in [-0.15, -0.1) is 0 Å². The van der Waals surface area contributed by atoms with Gasteiger partial charge in [0.2, 0.25) is 0 Å². The van der Waals surface area contributed by atoms with Gasteiger partial charge in [-0.25, -0.2) is 0 Å². The number of nitrogens with zero attached hydrogens (tertiary/aromatic N) is 1. The van der Waals surface area contributed by atoms with Crippen molar-refractivity contribution in [2.45, 2.75) is 32.7 Å². The second-order valence-corrected chi connectivity index (χ2v) is 4.65. The Balaban J connectivity index is 1.97. The summed E-state index contributed by atoms with van der Waals surface area (Å²) in [4.78, 5) is 16.0. The normalized spacial score (nSPS) is 22.0. The third kappa shape index (κ3) is 3.19. The van der Waals surface area contributed by atoms with Crippen LogP contribution < -0.4 is 10.6 Å². The van der Waals surface area contributed by atoms with Gasteiger partial charge in [-0.1, -0.05) is 13.8 Å². The molecule has 2 atom stereocenters. The SMILES string of the molecule is CCCNc1ccnc(C(=O)NC2CC2C)c1. The second-order valence-electron chi connectivity index (χ2n) is 4.65. The molecule has 1 heterocycles. The number of hydrogen-bond donors (Lipinski definition) is 2. The lowest BCUT2D eigenvalue weighted by Gasteiger charge is -2.07. The van der Waals surface area contributed by atoms with Crippen LogP contribution >= 0.6 is 0 Å². The Hall–Kier alpha value is -1.58.